The zero-order chi connectivity index (χ0) is 18.2. The van der Waals surface area contributed by atoms with Gasteiger partial charge in [-0.3, -0.25) is 4.98 Å². The van der Waals surface area contributed by atoms with Crippen molar-refractivity contribution in [2.75, 3.05) is 0 Å². The highest BCUT2D eigenvalue weighted by atomic mass is 19.1. The van der Waals surface area contributed by atoms with E-state index in [0.29, 0.717) is 11.3 Å². The maximum Gasteiger partial charge on any atom is 0.229 e. The molecule has 3 aromatic heterocycles. The van der Waals surface area contributed by atoms with Crippen LogP contribution in [0.25, 0.3) is 33.3 Å². The van der Waals surface area contributed by atoms with Gasteiger partial charge >= 0.3 is 0 Å². The Morgan fingerprint density at radius 3 is 2.59 bits per heavy atom. The third-order valence-electron chi connectivity index (χ3n) is 4.68. The van der Waals surface area contributed by atoms with Crippen molar-refractivity contribution < 1.29 is 8.81 Å². The minimum atomic E-state index is -0.550. The van der Waals surface area contributed by atoms with E-state index in [9.17, 15) is 4.39 Å². The van der Waals surface area contributed by atoms with Crippen LogP contribution < -0.4 is 0 Å². The lowest BCUT2D eigenvalue weighted by Crippen LogP contribution is -1.91. The van der Waals surface area contributed by atoms with Crippen LogP contribution in [0.5, 0.6) is 0 Å². The van der Waals surface area contributed by atoms with Crippen LogP contribution in [-0.2, 0) is 6.42 Å². The first-order valence-corrected chi connectivity index (χ1v) is 8.75. The predicted molar refractivity (Wildman–Crippen MR) is 104 cm³/mol. The van der Waals surface area contributed by atoms with Crippen LogP contribution in [0.15, 0.2) is 83.4 Å². The lowest BCUT2D eigenvalue weighted by Gasteiger charge is -2.06. The summed E-state index contributed by atoms with van der Waals surface area (Å²) in [7, 11) is 0. The van der Waals surface area contributed by atoms with Crippen LogP contribution in [0.4, 0.5) is 4.39 Å². The maximum atomic E-state index is 13.5. The largest absolute Gasteiger partial charge is 0.437 e. The number of pyridine rings is 2. The van der Waals surface area contributed by atoms with E-state index in [1.807, 2.05) is 48.7 Å². The maximum absolute atomic E-state index is 13.5. The predicted octanol–water partition coefficient (Wildman–Crippen LogP) is 5.77. The molecular weight excluding hydrogens is 339 g/mol. The number of halogens is 1. The van der Waals surface area contributed by atoms with Gasteiger partial charge in [-0.1, -0.05) is 42.5 Å². The molecule has 0 amide bonds. The van der Waals surface area contributed by atoms with Gasteiger partial charge < -0.3 is 4.42 Å². The van der Waals surface area contributed by atoms with E-state index >= 15 is 0 Å². The van der Waals surface area contributed by atoms with Crippen molar-refractivity contribution in [1.29, 1.82) is 0 Å². The Morgan fingerprint density at radius 1 is 0.815 bits per heavy atom. The monoisotopic (exact) mass is 354 g/mol. The van der Waals surface area contributed by atoms with Gasteiger partial charge in [-0.25, -0.2) is 0 Å². The Balaban J connectivity index is 1.63. The SMILES string of the molecule is Fc1ccc2c(n1)oc1c(-c3cc(Cc4ccccc4)ccn3)cccc12. The van der Waals surface area contributed by atoms with E-state index in [1.165, 1.54) is 17.2 Å². The summed E-state index contributed by atoms with van der Waals surface area (Å²) in [5.41, 5.74) is 5.10. The van der Waals surface area contributed by atoms with Crippen LogP contribution in [-0.4, -0.2) is 9.97 Å². The fourth-order valence-electron chi connectivity index (χ4n) is 3.42. The summed E-state index contributed by atoms with van der Waals surface area (Å²) in [6, 6.07) is 23.3. The standard InChI is InChI=1S/C23H15FN2O/c24-21-10-9-18-17-7-4-8-19(22(17)27-23(18)26-21)20-14-16(11-12-25-20)13-15-5-2-1-3-6-15/h1-12,14H,13H2. The summed E-state index contributed by atoms with van der Waals surface area (Å²) in [4.78, 5) is 8.40. The number of hydrogen-bond donors (Lipinski definition) is 0. The van der Waals surface area contributed by atoms with E-state index in [1.54, 1.807) is 6.07 Å². The Morgan fingerprint density at radius 2 is 1.70 bits per heavy atom. The molecule has 3 nitrogen and oxygen atoms in total. The third kappa shape index (κ3) is 2.85. The molecule has 130 valence electrons. The number of furan rings is 1. The number of rotatable bonds is 3. The van der Waals surface area contributed by atoms with Crippen LogP contribution in [0.3, 0.4) is 0 Å². The highest BCUT2D eigenvalue weighted by Gasteiger charge is 2.14. The molecule has 27 heavy (non-hydrogen) atoms. The molecule has 2 aromatic carbocycles. The number of hydrogen-bond acceptors (Lipinski definition) is 3. The Labute approximate surface area is 155 Å². The van der Waals surface area contributed by atoms with Gasteiger partial charge in [-0.2, -0.15) is 9.37 Å². The first-order chi connectivity index (χ1) is 13.3. The molecule has 0 bridgehead atoms. The fraction of sp³-hybridized carbons (Fsp3) is 0.0435. The Kier molecular flexibility index (Phi) is 3.68. The van der Waals surface area contributed by atoms with Crippen molar-refractivity contribution in [3.05, 3.63) is 96.1 Å². The van der Waals surface area contributed by atoms with Gasteiger partial charge in [0, 0.05) is 22.5 Å². The molecule has 3 heterocycles. The van der Waals surface area contributed by atoms with E-state index in [4.69, 9.17) is 4.42 Å². The van der Waals surface area contributed by atoms with Crippen molar-refractivity contribution in [1.82, 2.24) is 9.97 Å². The molecule has 0 radical (unpaired) electrons. The summed E-state index contributed by atoms with van der Waals surface area (Å²) >= 11 is 0. The summed E-state index contributed by atoms with van der Waals surface area (Å²) in [6.07, 6.45) is 2.65. The van der Waals surface area contributed by atoms with E-state index < -0.39 is 5.95 Å². The summed E-state index contributed by atoms with van der Waals surface area (Å²) in [5.74, 6) is -0.550. The molecule has 0 aliphatic rings. The van der Waals surface area contributed by atoms with Gasteiger partial charge in [-0.15, -0.1) is 0 Å². The molecule has 5 aromatic rings. The smallest absolute Gasteiger partial charge is 0.229 e. The minimum absolute atomic E-state index is 0.304. The Hall–Kier alpha value is -3.53. The van der Waals surface area contributed by atoms with E-state index in [-0.39, 0.29) is 0 Å². The van der Waals surface area contributed by atoms with Crippen molar-refractivity contribution in [2.45, 2.75) is 6.42 Å². The quantitative estimate of drug-likeness (QED) is 0.386. The summed E-state index contributed by atoms with van der Waals surface area (Å²) < 4.78 is 19.4. The number of para-hydroxylation sites is 1. The topological polar surface area (TPSA) is 38.9 Å². The molecule has 0 fully saturated rings. The van der Waals surface area contributed by atoms with Crippen molar-refractivity contribution >= 4 is 22.1 Å². The molecule has 0 atom stereocenters. The molecule has 4 heteroatoms. The van der Waals surface area contributed by atoms with Gasteiger partial charge in [0.05, 0.1) is 5.69 Å². The summed E-state index contributed by atoms with van der Waals surface area (Å²) in [5, 5.41) is 1.71. The lowest BCUT2D eigenvalue weighted by atomic mass is 10.0. The number of benzene rings is 2. The molecule has 0 spiro atoms. The van der Waals surface area contributed by atoms with Crippen LogP contribution >= 0.6 is 0 Å². The number of fused-ring (bicyclic) bond motifs is 3. The Bertz CT molecular complexity index is 1260. The zero-order valence-electron chi connectivity index (χ0n) is 14.4. The normalized spacial score (nSPS) is 11.3. The first kappa shape index (κ1) is 15.7. The van der Waals surface area contributed by atoms with Crippen LogP contribution in [0, 0.1) is 5.95 Å². The lowest BCUT2D eigenvalue weighted by molar-refractivity contribution is 0.569. The van der Waals surface area contributed by atoms with E-state index in [2.05, 4.69) is 28.2 Å². The molecule has 0 saturated carbocycles. The zero-order valence-corrected chi connectivity index (χ0v) is 14.4. The van der Waals surface area contributed by atoms with Crippen LogP contribution in [0.2, 0.25) is 0 Å². The average Bonchev–Trinajstić information content (AvgIpc) is 3.06. The molecule has 0 aliphatic carbocycles. The molecule has 0 N–H and O–H groups in total. The molecule has 0 aliphatic heterocycles. The summed E-state index contributed by atoms with van der Waals surface area (Å²) in [6.45, 7) is 0. The van der Waals surface area contributed by atoms with Gasteiger partial charge in [0.2, 0.25) is 11.7 Å². The van der Waals surface area contributed by atoms with Crippen LogP contribution in [0.1, 0.15) is 11.1 Å². The molecular formula is C23H15FN2O. The minimum Gasteiger partial charge on any atom is -0.437 e. The second kappa shape index (κ2) is 6.32. The van der Waals surface area contributed by atoms with Gasteiger partial charge in [-0.05, 0) is 47.9 Å². The van der Waals surface area contributed by atoms with Gasteiger partial charge in [0.1, 0.15) is 5.58 Å². The first-order valence-electron chi connectivity index (χ1n) is 8.75. The van der Waals surface area contributed by atoms with E-state index in [0.717, 1.165) is 28.5 Å². The second-order valence-corrected chi connectivity index (χ2v) is 6.48. The van der Waals surface area contributed by atoms with Crippen molar-refractivity contribution in [3.63, 3.8) is 0 Å². The van der Waals surface area contributed by atoms with Crippen molar-refractivity contribution in [3.8, 4) is 11.3 Å². The molecule has 5 rings (SSSR count). The highest BCUT2D eigenvalue weighted by molar-refractivity contribution is 6.08. The second-order valence-electron chi connectivity index (χ2n) is 6.48. The number of aromatic nitrogens is 2. The van der Waals surface area contributed by atoms with Crippen molar-refractivity contribution in [2.24, 2.45) is 0 Å². The highest BCUT2D eigenvalue weighted by Crippen LogP contribution is 2.34. The molecule has 0 saturated heterocycles. The third-order valence-corrected chi connectivity index (χ3v) is 4.68. The van der Waals surface area contributed by atoms with Gasteiger partial charge in [0.25, 0.3) is 0 Å². The van der Waals surface area contributed by atoms with Gasteiger partial charge in [0.15, 0.2) is 0 Å². The average molecular weight is 354 g/mol. The fourth-order valence-corrected chi connectivity index (χ4v) is 3.42. The number of nitrogens with zero attached hydrogens (tertiary/aromatic N) is 2. The molecule has 0 unspecified atom stereocenters.